The van der Waals surface area contributed by atoms with Crippen molar-refractivity contribution < 1.29 is 14.6 Å². The summed E-state index contributed by atoms with van der Waals surface area (Å²) in [6.07, 6.45) is 8.42. The molecule has 4 atom stereocenters. The van der Waals surface area contributed by atoms with Crippen LogP contribution in [0.1, 0.15) is 49.7 Å². The molecule has 1 unspecified atom stereocenters. The van der Waals surface area contributed by atoms with Gasteiger partial charge >= 0.3 is 0 Å². The van der Waals surface area contributed by atoms with Gasteiger partial charge < -0.3 is 14.6 Å². The van der Waals surface area contributed by atoms with E-state index in [-0.39, 0.29) is 17.1 Å². The van der Waals surface area contributed by atoms with Gasteiger partial charge in [0, 0.05) is 25.3 Å². The third-order valence-electron chi connectivity index (χ3n) is 7.99. The lowest BCUT2D eigenvalue weighted by atomic mass is 9.49. The summed E-state index contributed by atoms with van der Waals surface area (Å²) in [7, 11) is 1.92. The number of methoxy groups -OCH3 is 1. The fraction of sp³-hybridized carbons (Fsp3) is 0.714. The molecular weight excluding hydrogens is 314 g/mol. The average Bonchev–Trinajstić information content (AvgIpc) is 3.37. The van der Waals surface area contributed by atoms with Gasteiger partial charge in [0.25, 0.3) is 0 Å². The van der Waals surface area contributed by atoms with Crippen molar-refractivity contribution in [1.82, 2.24) is 4.90 Å². The Morgan fingerprint density at radius 3 is 2.96 bits per heavy atom. The predicted molar refractivity (Wildman–Crippen MR) is 94.2 cm³/mol. The van der Waals surface area contributed by atoms with Crippen molar-refractivity contribution in [3.05, 3.63) is 23.3 Å². The molecule has 2 saturated carbocycles. The smallest absolute Gasteiger partial charge is 0.165 e. The molecule has 3 aliphatic carbocycles. The average molecular weight is 341 g/mol. The van der Waals surface area contributed by atoms with Gasteiger partial charge in [0.2, 0.25) is 0 Å². The molecule has 2 aliphatic heterocycles. The van der Waals surface area contributed by atoms with E-state index in [1.165, 1.54) is 30.5 Å². The fourth-order valence-electron chi connectivity index (χ4n) is 6.86. The summed E-state index contributed by atoms with van der Waals surface area (Å²) in [5, 5.41) is 10.5. The maximum absolute atomic E-state index is 10.5. The molecule has 0 amide bonds. The number of ether oxygens (including phenoxy) is 2. The number of phenolic OH excluding ortho intramolecular Hbond substituents is 1. The number of rotatable bonds is 3. The van der Waals surface area contributed by atoms with Crippen molar-refractivity contribution in [3.63, 3.8) is 0 Å². The molecule has 1 aromatic rings. The van der Waals surface area contributed by atoms with E-state index < -0.39 is 0 Å². The molecule has 4 nitrogen and oxygen atoms in total. The van der Waals surface area contributed by atoms with E-state index >= 15 is 0 Å². The van der Waals surface area contributed by atoms with Gasteiger partial charge in [0.05, 0.1) is 11.0 Å². The van der Waals surface area contributed by atoms with E-state index in [1.807, 2.05) is 13.2 Å². The highest BCUT2D eigenvalue weighted by atomic mass is 16.5. The van der Waals surface area contributed by atoms with Gasteiger partial charge in [-0.2, -0.15) is 0 Å². The summed E-state index contributed by atoms with van der Waals surface area (Å²) < 4.78 is 12.9. The Kier molecular flexibility index (Phi) is 2.80. The van der Waals surface area contributed by atoms with Crippen molar-refractivity contribution in [1.29, 1.82) is 0 Å². The molecule has 1 N–H and O–H groups in total. The number of benzene rings is 1. The summed E-state index contributed by atoms with van der Waals surface area (Å²) in [6.45, 7) is 2.37. The minimum absolute atomic E-state index is 0.0631. The van der Waals surface area contributed by atoms with E-state index in [4.69, 9.17) is 9.47 Å². The number of aromatic hydroxyl groups is 1. The Morgan fingerprint density at radius 2 is 2.16 bits per heavy atom. The SMILES string of the molecule is COC12CCC[C@@H]3Oc4c(O)ccc5c4[C@@]31CCN(CC1CC1)[C@@H]2C5. The highest BCUT2D eigenvalue weighted by molar-refractivity contribution is 5.62. The molecule has 25 heavy (non-hydrogen) atoms. The molecule has 2 bridgehead atoms. The molecule has 1 saturated heterocycles. The zero-order chi connectivity index (χ0) is 16.8. The highest BCUT2D eigenvalue weighted by Gasteiger charge is 2.72. The predicted octanol–water partition coefficient (Wildman–Crippen LogP) is 3.00. The van der Waals surface area contributed by atoms with Gasteiger partial charge in [-0.25, -0.2) is 0 Å². The Morgan fingerprint density at radius 1 is 1.28 bits per heavy atom. The summed E-state index contributed by atoms with van der Waals surface area (Å²) in [5.74, 6) is 1.98. The summed E-state index contributed by atoms with van der Waals surface area (Å²) >= 11 is 0. The van der Waals surface area contributed by atoms with Crippen molar-refractivity contribution in [2.45, 2.75) is 68.1 Å². The topological polar surface area (TPSA) is 41.9 Å². The van der Waals surface area contributed by atoms with Crippen LogP contribution in [0.15, 0.2) is 12.1 Å². The third kappa shape index (κ3) is 1.62. The minimum atomic E-state index is -0.158. The Labute approximate surface area is 149 Å². The molecule has 6 rings (SSSR count). The number of piperidine rings is 1. The molecule has 0 aromatic heterocycles. The second-order valence-corrected chi connectivity index (χ2v) is 8.92. The van der Waals surface area contributed by atoms with Crippen LogP contribution >= 0.6 is 0 Å². The van der Waals surface area contributed by atoms with Crippen molar-refractivity contribution in [3.8, 4) is 11.5 Å². The van der Waals surface area contributed by atoms with Crippen molar-refractivity contribution in [2.75, 3.05) is 20.2 Å². The van der Waals surface area contributed by atoms with Crippen LogP contribution in [-0.2, 0) is 16.6 Å². The molecule has 5 aliphatic rings. The van der Waals surface area contributed by atoms with Crippen LogP contribution in [0, 0.1) is 5.92 Å². The van der Waals surface area contributed by atoms with E-state index in [1.54, 1.807) is 0 Å². The number of hydrogen-bond acceptors (Lipinski definition) is 4. The minimum Gasteiger partial charge on any atom is -0.504 e. The summed E-state index contributed by atoms with van der Waals surface area (Å²) in [5.41, 5.74) is 2.46. The van der Waals surface area contributed by atoms with Gasteiger partial charge in [-0.15, -0.1) is 0 Å². The number of nitrogens with zero attached hydrogens (tertiary/aromatic N) is 1. The van der Waals surface area contributed by atoms with Gasteiger partial charge in [-0.05, 0) is 69.0 Å². The van der Waals surface area contributed by atoms with Crippen LogP contribution < -0.4 is 4.74 Å². The molecule has 3 fully saturated rings. The first-order valence-corrected chi connectivity index (χ1v) is 10.0. The molecule has 134 valence electrons. The third-order valence-corrected chi connectivity index (χ3v) is 7.99. The van der Waals surface area contributed by atoms with Gasteiger partial charge in [0.1, 0.15) is 6.10 Å². The lowest BCUT2D eigenvalue weighted by Gasteiger charge is -2.64. The van der Waals surface area contributed by atoms with Crippen LogP contribution in [0.25, 0.3) is 0 Å². The van der Waals surface area contributed by atoms with E-state index in [0.29, 0.717) is 11.8 Å². The summed E-state index contributed by atoms with van der Waals surface area (Å²) in [4.78, 5) is 2.74. The van der Waals surface area contributed by atoms with Gasteiger partial charge in [0.15, 0.2) is 11.5 Å². The molecule has 1 aromatic carbocycles. The van der Waals surface area contributed by atoms with E-state index in [0.717, 1.165) is 50.3 Å². The van der Waals surface area contributed by atoms with Crippen LogP contribution in [0.5, 0.6) is 11.5 Å². The summed E-state index contributed by atoms with van der Waals surface area (Å²) in [6, 6.07) is 4.42. The van der Waals surface area contributed by atoms with Crippen LogP contribution in [0.2, 0.25) is 0 Å². The first-order chi connectivity index (χ1) is 12.2. The largest absolute Gasteiger partial charge is 0.504 e. The Bertz CT molecular complexity index is 745. The molecular formula is C21H27NO3. The Balaban J connectivity index is 1.58. The Hall–Kier alpha value is -1.26. The second-order valence-electron chi connectivity index (χ2n) is 8.92. The van der Waals surface area contributed by atoms with Gasteiger partial charge in [-0.1, -0.05) is 6.07 Å². The van der Waals surface area contributed by atoms with Crippen molar-refractivity contribution in [2.24, 2.45) is 5.92 Å². The second kappa shape index (κ2) is 4.72. The van der Waals surface area contributed by atoms with Crippen LogP contribution in [0.3, 0.4) is 0 Å². The maximum Gasteiger partial charge on any atom is 0.165 e. The van der Waals surface area contributed by atoms with E-state index in [2.05, 4.69) is 11.0 Å². The number of likely N-dealkylation sites (tertiary alicyclic amines) is 1. The van der Waals surface area contributed by atoms with Crippen molar-refractivity contribution >= 4 is 0 Å². The fourth-order valence-corrected chi connectivity index (χ4v) is 6.86. The monoisotopic (exact) mass is 341 g/mol. The normalized spacial score (nSPS) is 41.3. The maximum atomic E-state index is 10.5. The molecule has 0 radical (unpaired) electrons. The first-order valence-electron chi connectivity index (χ1n) is 10.0. The molecule has 4 heteroatoms. The highest BCUT2D eigenvalue weighted by Crippen LogP contribution is 2.66. The quantitative estimate of drug-likeness (QED) is 0.918. The zero-order valence-electron chi connectivity index (χ0n) is 15.0. The van der Waals surface area contributed by atoms with Crippen LogP contribution in [0.4, 0.5) is 0 Å². The number of phenols is 1. The standard InChI is InChI=1S/C21H27NO3/c1-24-21-8-2-3-17-20(21)9-10-22(12-13-4-5-13)16(21)11-14-6-7-15(23)19(25-17)18(14)20/h6-7,13,16-17,23H,2-5,8-12H2,1H3/t16-,17+,20-,21?/m1/s1. The first kappa shape index (κ1) is 14.9. The molecule has 1 spiro atoms. The van der Waals surface area contributed by atoms with Gasteiger partial charge in [-0.3, -0.25) is 4.90 Å². The zero-order valence-corrected chi connectivity index (χ0v) is 15.0. The molecule has 2 heterocycles. The number of hydrogen-bond donors (Lipinski definition) is 1. The van der Waals surface area contributed by atoms with Crippen LogP contribution in [-0.4, -0.2) is 48.0 Å². The lowest BCUT2D eigenvalue weighted by molar-refractivity contribution is -0.202. The van der Waals surface area contributed by atoms with E-state index in [9.17, 15) is 5.11 Å². The lowest BCUT2D eigenvalue weighted by Crippen LogP contribution is -2.75.